The van der Waals surface area contributed by atoms with E-state index in [0.717, 1.165) is 37.9 Å². The number of rotatable bonds is 4. The van der Waals surface area contributed by atoms with Crippen LogP contribution in [0, 0.1) is 0 Å². The summed E-state index contributed by atoms with van der Waals surface area (Å²) in [5, 5.41) is 3.95. The molecule has 1 aliphatic rings. The Balaban J connectivity index is 1.77. The van der Waals surface area contributed by atoms with Gasteiger partial charge in [0.2, 0.25) is 11.1 Å². The predicted molar refractivity (Wildman–Crippen MR) is 64.7 cm³/mol. The summed E-state index contributed by atoms with van der Waals surface area (Å²) in [4.78, 5) is 6.42. The molecule has 0 saturated carbocycles. The van der Waals surface area contributed by atoms with Crippen molar-refractivity contribution < 1.29 is 4.74 Å². The number of nitrogen functional groups attached to an aromatic ring is 1. The summed E-state index contributed by atoms with van der Waals surface area (Å²) in [7, 11) is 0. The monoisotopic (exact) mass is 243 g/mol. The first-order chi connectivity index (χ1) is 7.78. The van der Waals surface area contributed by atoms with Crippen molar-refractivity contribution in [3.63, 3.8) is 0 Å². The largest absolute Gasteiger partial charge is 0.374 e. The second-order valence-corrected chi connectivity index (χ2v) is 4.48. The lowest BCUT2D eigenvalue weighted by atomic mass is 10.2. The first kappa shape index (κ1) is 11.6. The van der Waals surface area contributed by atoms with Crippen molar-refractivity contribution in [2.24, 2.45) is 0 Å². The van der Waals surface area contributed by atoms with Crippen LogP contribution in [0.25, 0.3) is 0 Å². The molecule has 0 aliphatic carbocycles. The van der Waals surface area contributed by atoms with Crippen LogP contribution in [0.5, 0.6) is 0 Å². The molecule has 7 heteroatoms. The molecule has 0 bridgehead atoms. The quantitative estimate of drug-likeness (QED) is 0.789. The number of hydrogen-bond donors (Lipinski definition) is 2. The average Bonchev–Trinajstić information content (AvgIpc) is 2.73. The number of ether oxygens (including phenoxy) is 1. The Morgan fingerprint density at radius 1 is 1.69 bits per heavy atom. The highest BCUT2D eigenvalue weighted by molar-refractivity contribution is 7.09. The summed E-state index contributed by atoms with van der Waals surface area (Å²) >= 11 is 1.28. The van der Waals surface area contributed by atoms with Crippen LogP contribution in [0.4, 0.5) is 11.1 Å². The highest BCUT2D eigenvalue weighted by atomic mass is 32.1. The lowest BCUT2D eigenvalue weighted by molar-refractivity contribution is -0.0191. The van der Waals surface area contributed by atoms with E-state index in [2.05, 4.69) is 26.5 Å². The van der Waals surface area contributed by atoms with Crippen molar-refractivity contribution in [3.8, 4) is 0 Å². The smallest absolute Gasteiger partial charge is 0.233 e. The lowest BCUT2D eigenvalue weighted by Gasteiger charge is -2.31. The molecule has 2 rings (SSSR count). The standard InChI is InChI=1S/C9H17N5OS/c1-2-14-3-4-15-7(6-14)5-11-9-12-8(10)13-16-9/h7H,2-6H2,1H3,(H3,10,11,12,13). The number of hydrogen-bond acceptors (Lipinski definition) is 7. The molecular weight excluding hydrogens is 226 g/mol. The third-order valence-electron chi connectivity index (χ3n) is 2.59. The summed E-state index contributed by atoms with van der Waals surface area (Å²) in [6.07, 6.45) is 0.221. The number of nitrogens with one attached hydrogen (secondary N) is 1. The average molecular weight is 243 g/mol. The third kappa shape index (κ3) is 3.03. The molecule has 3 N–H and O–H groups in total. The summed E-state index contributed by atoms with van der Waals surface area (Å²) < 4.78 is 9.57. The Labute approximate surface area is 99.0 Å². The molecule has 1 unspecified atom stereocenters. The number of aromatic nitrogens is 2. The van der Waals surface area contributed by atoms with Crippen LogP contribution in [0.15, 0.2) is 0 Å². The van der Waals surface area contributed by atoms with Crippen molar-refractivity contribution in [1.82, 2.24) is 14.3 Å². The van der Waals surface area contributed by atoms with E-state index in [1.807, 2.05) is 0 Å². The van der Waals surface area contributed by atoms with E-state index < -0.39 is 0 Å². The van der Waals surface area contributed by atoms with Crippen LogP contribution in [-0.2, 0) is 4.74 Å². The maximum Gasteiger partial charge on any atom is 0.233 e. The van der Waals surface area contributed by atoms with Gasteiger partial charge in [-0.1, -0.05) is 6.92 Å². The van der Waals surface area contributed by atoms with E-state index in [1.165, 1.54) is 11.5 Å². The molecule has 90 valence electrons. The number of morpholine rings is 1. The summed E-state index contributed by atoms with van der Waals surface area (Å²) in [5.41, 5.74) is 5.44. The van der Waals surface area contributed by atoms with Crippen LogP contribution in [0.1, 0.15) is 6.92 Å². The molecule has 1 fully saturated rings. The van der Waals surface area contributed by atoms with Crippen molar-refractivity contribution in [2.75, 3.05) is 43.8 Å². The maximum absolute atomic E-state index is 5.66. The van der Waals surface area contributed by atoms with Crippen LogP contribution >= 0.6 is 11.5 Å². The van der Waals surface area contributed by atoms with E-state index in [0.29, 0.717) is 5.95 Å². The molecule has 16 heavy (non-hydrogen) atoms. The fourth-order valence-corrected chi connectivity index (χ4v) is 2.20. The highest BCUT2D eigenvalue weighted by Gasteiger charge is 2.19. The second-order valence-electron chi connectivity index (χ2n) is 3.72. The zero-order chi connectivity index (χ0) is 11.4. The Bertz CT molecular complexity index is 331. The molecule has 1 aromatic rings. The van der Waals surface area contributed by atoms with Gasteiger partial charge < -0.3 is 15.8 Å². The van der Waals surface area contributed by atoms with Crippen LogP contribution in [-0.4, -0.2) is 53.1 Å². The number of anilines is 2. The van der Waals surface area contributed by atoms with Gasteiger partial charge in [0.1, 0.15) is 0 Å². The first-order valence-electron chi connectivity index (χ1n) is 5.45. The fourth-order valence-electron chi connectivity index (χ4n) is 1.70. The summed E-state index contributed by atoms with van der Waals surface area (Å²) in [5.74, 6) is 0.326. The Kier molecular flexibility index (Phi) is 3.92. The topological polar surface area (TPSA) is 76.3 Å². The van der Waals surface area contributed by atoms with Crippen LogP contribution < -0.4 is 11.1 Å². The molecule has 0 spiro atoms. The molecule has 2 heterocycles. The van der Waals surface area contributed by atoms with E-state index in [1.54, 1.807) is 0 Å². The fraction of sp³-hybridized carbons (Fsp3) is 0.778. The number of likely N-dealkylation sites (N-methyl/N-ethyl adjacent to an activating group) is 1. The summed E-state index contributed by atoms with van der Waals surface area (Å²) in [6, 6.07) is 0. The van der Waals surface area contributed by atoms with Gasteiger partial charge in [0.05, 0.1) is 12.7 Å². The minimum atomic E-state index is 0.221. The normalized spacial score (nSPS) is 22.2. The van der Waals surface area contributed by atoms with Crippen LogP contribution in [0.3, 0.4) is 0 Å². The molecule has 1 aliphatic heterocycles. The zero-order valence-corrected chi connectivity index (χ0v) is 10.2. The van der Waals surface area contributed by atoms with Gasteiger partial charge in [-0.2, -0.15) is 9.36 Å². The third-order valence-corrected chi connectivity index (χ3v) is 3.28. The maximum atomic E-state index is 5.66. The Morgan fingerprint density at radius 2 is 2.56 bits per heavy atom. The molecule has 0 radical (unpaired) electrons. The van der Waals surface area contributed by atoms with Gasteiger partial charge in [0.25, 0.3) is 0 Å². The second kappa shape index (κ2) is 5.42. The van der Waals surface area contributed by atoms with Crippen LogP contribution in [0.2, 0.25) is 0 Å². The van der Waals surface area contributed by atoms with E-state index in [4.69, 9.17) is 10.5 Å². The SMILES string of the molecule is CCN1CCOC(CNc2nc(N)ns2)C1. The minimum absolute atomic E-state index is 0.221. The predicted octanol–water partition coefficient (Wildman–Crippen LogP) is 0.253. The molecule has 0 amide bonds. The lowest BCUT2D eigenvalue weighted by Crippen LogP contribution is -2.45. The molecule has 1 saturated heterocycles. The van der Waals surface area contributed by atoms with Crippen molar-refractivity contribution in [2.45, 2.75) is 13.0 Å². The van der Waals surface area contributed by atoms with Crippen molar-refractivity contribution in [1.29, 1.82) is 0 Å². The first-order valence-corrected chi connectivity index (χ1v) is 6.22. The number of nitrogens with zero attached hydrogens (tertiary/aromatic N) is 3. The van der Waals surface area contributed by atoms with Gasteiger partial charge in [-0.3, -0.25) is 4.90 Å². The van der Waals surface area contributed by atoms with E-state index >= 15 is 0 Å². The molecule has 1 aromatic heterocycles. The van der Waals surface area contributed by atoms with Crippen molar-refractivity contribution in [3.05, 3.63) is 0 Å². The van der Waals surface area contributed by atoms with Gasteiger partial charge in [-0.15, -0.1) is 0 Å². The summed E-state index contributed by atoms with van der Waals surface area (Å²) in [6.45, 7) is 6.80. The minimum Gasteiger partial charge on any atom is -0.374 e. The Hall–Kier alpha value is -0.920. The van der Waals surface area contributed by atoms with Gasteiger partial charge in [0.15, 0.2) is 0 Å². The van der Waals surface area contributed by atoms with Gasteiger partial charge in [-0.05, 0) is 6.54 Å². The van der Waals surface area contributed by atoms with Crippen molar-refractivity contribution >= 4 is 22.6 Å². The Morgan fingerprint density at radius 3 is 3.25 bits per heavy atom. The number of nitrogens with two attached hydrogens (primary N) is 1. The zero-order valence-electron chi connectivity index (χ0n) is 9.35. The highest BCUT2D eigenvalue weighted by Crippen LogP contribution is 2.13. The van der Waals surface area contributed by atoms with E-state index in [-0.39, 0.29) is 6.10 Å². The molecular formula is C9H17N5OS. The van der Waals surface area contributed by atoms with Gasteiger partial charge in [0, 0.05) is 31.2 Å². The van der Waals surface area contributed by atoms with Gasteiger partial charge in [-0.25, -0.2) is 0 Å². The van der Waals surface area contributed by atoms with E-state index in [9.17, 15) is 0 Å². The van der Waals surface area contributed by atoms with Gasteiger partial charge >= 0.3 is 0 Å². The molecule has 0 aromatic carbocycles. The molecule has 6 nitrogen and oxygen atoms in total. The molecule has 1 atom stereocenters.